The van der Waals surface area contributed by atoms with Crippen molar-refractivity contribution in [1.82, 2.24) is 5.32 Å². The Kier molecular flexibility index (Phi) is 5.45. The minimum Gasteiger partial charge on any atom is -0.496 e. The molecule has 0 aliphatic heterocycles. The predicted molar refractivity (Wildman–Crippen MR) is 70.5 cm³/mol. The van der Waals surface area contributed by atoms with Crippen LogP contribution in [0.25, 0.3) is 0 Å². The first-order valence-electron chi connectivity index (χ1n) is 6.16. The molecule has 0 radical (unpaired) electrons. The molecule has 2 N–H and O–H groups in total. The molecule has 0 aliphatic rings. The average Bonchev–Trinajstić information content (AvgIpc) is 2.34. The van der Waals surface area contributed by atoms with Crippen LogP contribution in [0.15, 0.2) is 18.2 Å². The highest BCUT2D eigenvalue weighted by atomic mass is 16.5. The van der Waals surface area contributed by atoms with E-state index in [9.17, 15) is 5.11 Å². The van der Waals surface area contributed by atoms with Crippen LogP contribution in [0.3, 0.4) is 0 Å². The van der Waals surface area contributed by atoms with Crippen LogP contribution in [0.1, 0.15) is 38.0 Å². The number of benzene rings is 1. The fraction of sp³-hybridized carbons (Fsp3) is 0.571. The van der Waals surface area contributed by atoms with Crippen molar-refractivity contribution in [3.8, 4) is 5.75 Å². The fourth-order valence-corrected chi connectivity index (χ4v) is 1.75. The average molecular weight is 237 g/mol. The van der Waals surface area contributed by atoms with Gasteiger partial charge in [-0.25, -0.2) is 0 Å². The van der Waals surface area contributed by atoms with Gasteiger partial charge in [0.15, 0.2) is 0 Å². The van der Waals surface area contributed by atoms with Crippen molar-refractivity contribution in [1.29, 1.82) is 0 Å². The molecule has 0 amide bonds. The summed E-state index contributed by atoms with van der Waals surface area (Å²) < 4.78 is 5.27. The molecule has 1 atom stereocenters. The quantitative estimate of drug-likeness (QED) is 0.797. The van der Waals surface area contributed by atoms with E-state index < -0.39 is 6.10 Å². The van der Waals surface area contributed by atoms with E-state index in [0.29, 0.717) is 12.6 Å². The molecule has 96 valence electrons. The molecule has 3 heteroatoms. The lowest BCUT2D eigenvalue weighted by atomic mass is 10.0. The topological polar surface area (TPSA) is 41.5 Å². The molecule has 0 fully saturated rings. The zero-order chi connectivity index (χ0) is 12.8. The Morgan fingerprint density at radius 2 is 2.06 bits per heavy atom. The van der Waals surface area contributed by atoms with Crippen molar-refractivity contribution >= 4 is 0 Å². The monoisotopic (exact) mass is 237 g/mol. The molecule has 0 aliphatic carbocycles. The van der Waals surface area contributed by atoms with Gasteiger partial charge in [0.2, 0.25) is 0 Å². The maximum absolute atomic E-state index is 10.0. The number of ether oxygens (including phenoxy) is 1. The van der Waals surface area contributed by atoms with Gasteiger partial charge in [-0.05, 0) is 29.7 Å². The largest absolute Gasteiger partial charge is 0.496 e. The lowest BCUT2D eigenvalue weighted by molar-refractivity contribution is 0.171. The molecule has 1 unspecified atom stereocenters. The Morgan fingerprint density at radius 3 is 2.59 bits per heavy atom. The molecule has 0 saturated heterocycles. The van der Waals surface area contributed by atoms with Gasteiger partial charge in [0.1, 0.15) is 5.75 Å². The summed E-state index contributed by atoms with van der Waals surface area (Å²) in [6, 6.07) is 6.25. The molecule has 1 aromatic carbocycles. The van der Waals surface area contributed by atoms with Crippen molar-refractivity contribution in [2.24, 2.45) is 0 Å². The molecule has 1 aromatic rings. The normalized spacial score (nSPS) is 12.8. The van der Waals surface area contributed by atoms with Crippen molar-refractivity contribution in [3.63, 3.8) is 0 Å². The zero-order valence-corrected chi connectivity index (χ0v) is 11.2. The van der Waals surface area contributed by atoms with E-state index in [1.54, 1.807) is 7.11 Å². The number of rotatable bonds is 6. The number of aliphatic hydroxyl groups is 1. The molecular weight excluding hydrogens is 214 g/mol. The summed E-state index contributed by atoms with van der Waals surface area (Å²) in [4.78, 5) is 0. The standard InChI is InChI=1S/C14H23NO2/c1-5-11-8-12(6-7-14(11)17-4)13(16)9-15-10(2)3/h6-8,10,13,15-16H,5,9H2,1-4H3. The van der Waals surface area contributed by atoms with Crippen molar-refractivity contribution in [3.05, 3.63) is 29.3 Å². The number of hydrogen-bond donors (Lipinski definition) is 2. The third-order valence-corrected chi connectivity index (χ3v) is 2.79. The number of nitrogens with one attached hydrogen (secondary N) is 1. The van der Waals surface area contributed by atoms with Crippen LogP contribution in [0.5, 0.6) is 5.75 Å². The van der Waals surface area contributed by atoms with E-state index in [-0.39, 0.29) is 0 Å². The Labute approximate surface area is 104 Å². The van der Waals surface area contributed by atoms with Gasteiger partial charge in [0.05, 0.1) is 13.2 Å². The summed E-state index contributed by atoms with van der Waals surface area (Å²) in [7, 11) is 1.67. The summed E-state index contributed by atoms with van der Waals surface area (Å²) >= 11 is 0. The highest BCUT2D eigenvalue weighted by Gasteiger charge is 2.10. The van der Waals surface area contributed by atoms with Crippen molar-refractivity contribution < 1.29 is 9.84 Å². The number of aryl methyl sites for hydroxylation is 1. The summed E-state index contributed by atoms with van der Waals surface area (Å²) in [5.74, 6) is 0.889. The SMILES string of the molecule is CCc1cc(C(O)CNC(C)C)ccc1OC. The van der Waals surface area contributed by atoms with E-state index in [1.807, 2.05) is 18.2 Å². The fourth-order valence-electron chi connectivity index (χ4n) is 1.75. The molecular formula is C14H23NO2. The molecule has 0 aromatic heterocycles. The Bertz CT molecular complexity index is 350. The highest BCUT2D eigenvalue weighted by Crippen LogP contribution is 2.23. The van der Waals surface area contributed by atoms with Gasteiger partial charge in [-0.1, -0.05) is 26.8 Å². The van der Waals surface area contributed by atoms with Crippen LogP contribution in [0.2, 0.25) is 0 Å². The number of hydrogen-bond acceptors (Lipinski definition) is 3. The molecule has 0 heterocycles. The van der Waals surface area contributed by atoms with Gasteiger partial charge in [0.25, 0.3) is 0 Å². The number of methoxy groups -OCH3 is 1. The molecule has 0 bridgehead atoms. The van der Waals surface area contributed by atoms with Gasteiger partial charge in [-0.15, -0.1) is 0 Å². The molecule has 0 saturated carbocycles. The zero-order valence-electron chi connectivity index (χ0n) is 11.2. The second-order valence-electron chi connectivity index (χ2n) is 4.50. The Hall–Kier alpha value is -1.06. The molecule has 1 rings (SSSR count). The van der Waals surface area contributed by atoms with Gasteiger partial charge in [-0.3, -0.25) is 0 Å². The van der Waals surface area contributed by atoms with E-state index in [4.69, 9.17) is 4.74 Å². The van der Waals surface area contributed by atoms with E-state index >= 15 is 0 Å². The first kappa shape index (κ1) is 14.0. The minimum absolute atomic E-state index is 0.383. The van der Waals surface area contributed by atoms with Gasteiger partial charge >= 0.3 is 0 Å². The smallest absolute Gasteiger partial charge is 0.122 e. The molecule has 3 nitrogen and oxygen atoms in total. The molecule has 0 spiro atoms. The van der Waals surface area contributed by atoms with Gasteiger partial charge < -0.3 is 15.2 Å². The maximum Gasteiger partial charge on any atom is 0.122 e. The van der Waals surface area contributed by atoms with Crippen LogP contribution >= 0.6 is 0 Å². The first-order valence-corrected chi connectivity index (χ1v) is 6.16. The third-order valence-electron chi connectivity index (χ3n) is 2.79. The van der Waals surface area contributed by atoms with Crippen LogP contribution in [-0.4, -0.2) is 24.8 Å². The first-order chi connectivity index (χ1) is 8.08. The van der Waals surface area contributed by atoms with E-state index in [0.717, 1.165) is 23.3 Å². The van der Waals surface area contributed by atoms with E-state index in [2.05, 4.69) is 26.1 Å². The van der Waals surface area contributed by atoms with Crippen LogP contribution in [-0.2, 0) is 6.42 Å². The summed E-state index contributed by atoms with van der Waals surface area (Å²) in [5.41, 5.74) is 2.07. The maximum atomic E-state index is 10.0. The van der Waals surface area contributed by atoms with Crippen molar-refractivity contribution in [2.75, 3.05) is 13.7 Å². The summed E-state index contributed by atoms with van der Waals surface area (Å²) in [5, 5.41) is 13.3. The minimum atomic E-state index is -0.464. The van der Waals surface area contributed by atoms with Crippen LogP contribution in [0, 0.1) is 0 Å². The number of aliphatic hydroxyl groups excluding tert-OH is 1. The molecule has 17 heavy (non-hydrogen) atoms. The van der Waals surface area contributed by atoms with Gasteiger partial charge in [0, 0.05) is 12.6 Å². The summed E-state index contributed by atoms with van der Waals surface area (Å²) in [6.45, 7) is 6.80. The second kappa shape index (κ2) is 6.62. The van der Waals surface area contributed by atoms with Crippen LogP contribution in [0.4, 0.5) is 0 Å². The predicted octanol–water partition coefficient (Wildman–Crippen LogP) is 2.29. The van der Waals surface area contributed by atoms with Crippen molar-refractivity contribution in [2.45, 2.75) is 39.3 Å². The highest BCUT2D eigenvalue weighted by molar-refractivity contribution is 5.38. The Balaban J connectivity index is 2.77. The van der Waals surface area contributed by atoms with Crippen LogP contribution < -0.4 is 10.1 Å². The Morgan fingerprint density at radius 1 is 1.35 bits per heavy atom. The van der Waals surface area contributed by atoms with Gasteiger partial charge in [-0.2, -0.15) is 0 Å². The third kappa shape index (κ3) is 4.02. The lowest BCUT2D eigenvalue weighted by Gasteiger charge is -2.16. The second-order valence-corrected chi connectivity index (χ2v) is 4.50. The summed E-state index contributed by atoms with van der Waals surface area (Å²) in [6.07, 6.45) is 0.440. The lowest BCUT2D eigenvalue weighted by Crippen LogP contribution is -2.27. The van der Waals surface area contributed by atoms with E-state index in [1.165, 1.54) is 0 Å².